The molecule has 4 heteroatoms. The highest BCUT2D eigenvalue weighted by molar-refractivity contribution is 9.10. The summed E-state index contributed by atoms with van der Waals surface area (Å²) in [6.45, 7) is 0. The maximum atomic E-state index is 9.65. The zero-order valence-corrected chi connectivity index (χ0v) is 10.1. The Labute approximate surface area is 97.4 Å². The highest BCUT2D eigenvalue weighted by atomic mass is 79.9. The Morgan fingerprint density at radius 1 is 1.53 bits per heavy atom. The number of hydrogen-bond donors (Lipinski definition) is 2. The molecule has 1 aromatic carbocycles. The van der Waals surface area contributed by atoms with Crippen LogP contribution in [0.5, 0.6) is 11.5 Å². The molecule has 0 bridgehead atoms. The first-order chi connectivity index (χ1) is 7.13. The van der Waals surface area contributed by atoms with E-state index in [1.807, 2.05) is 12.1 Å². The molecule has 3 nitrogen and oxygen atoms in total. The molecule has 1 aliphatic rings. The molecule has 0 saturated heterocycles. The van der Waals surface area contributed by atoms with Crippen LogP contribution in [-0.2, 0) is 0 Å². The summed E-state index contributed by atoms with van der Waals surface area (Å²) in [4.78, 5) is 0. The highest BCUT2D eigenvalue weighted by Crippen LogP contribution is 2.43. The van der Waals surface area contributed by atoms with Gasteiger partial charge in [0, 0.05) is 6.04 Å². The summed E-state index contributed by atoms with van der Waals surface area (Å²) in [5.41, 5.74) is 7.10. The lowest BCUT2D eigenvalue weighted by molar-refractivity contribution is 0.370. The fourth-order valence-electron chi connectivity index (χ4n) is 1.67. The zero-order chi connectivity index (χ0) is 11.0. The Hall–Kier alpha value is -0.740. The van der Waals surface area contributed by atoms with E-state index in [0.29, 0.717) is 16.1 Å². The van der Waals surface area contributed by atoms with Gasteiger partial charge in [0.1, 0.15) is 0 Å². The van der Waals surface area contributed by atoms with Gasteiger partial charge in [0.15, 0.2) is 11.5 Å². The van der Waals surface area contributed by atoms with E-state index < -0.39 is 0 Å². The van der Waals surface area contributed by atoms with Crippen LogP contribution in [0.15, 0.2) is 16.6 Å². The van der Waals surface area contributed by atoms with Gasteiger partial charge in [-0.2, -0.15) is 0 Å². The summed E-state index contributed by atoms with van der Waals surface area (Å²) >= 11 is 3.29. The number of ether oxygens (including phenoxy) is 1. The van der Waals surface area contributed by atoms with Crippen LogP contribution >= 0.6 is 15.9 Å². The summed E-state index contributed by atoms with van der Waals surface area (Å²) in [6, 6.07) is 3.72. The fraction of sp³-hybridized carbons (Fsp3) is 0.455. The van der Waals surface area contributed by atoms with E-state index in [2.05, 4.69) is 15.9 Å². The Bertz CT molecular complexity index is 377. The molecule has 1 aliphatic carbocycles. The van der Waals surface area contributed by atoms with Gasteiger partial charge < -0.3 is 15.6 Å². The van der Waals surface area contributed by atoms with Crippen molar-refractivity contribution in [2.24, 2.45) is 11.7 Å². The van der Waals surface area contributed by atoms with Gasteiger partial charge in [-0.1, -0.05) is 0 Å². The van der Waals surface area contributed by atoms with Crippen molar-refractivity contribution in [3.05, 3.63) is 22.2 Å². The fourth-order valence-corrected chi connectivity index (χ4v) is 2.13. The number of phenolic OH excluding ortho intramolecular Hbond substituents is 1. The largest absolute Gasteiger partial charge is 0.503 e. The molecular formula is C11H14BrNO2. The van der Waals surface area contributed by atoms with Crippen molar-refractivity contribution >= 4 is 15.9 Å². The minimum absolute atomic E-state index is 0.0517. The lowest BCUT2D eigenvalue weighted by Gasteiger charge is -2.14. The number of nitrogens with two attached hydrogens (primary N) is 1. The second kappa shape index (κ2) is 4.02. The minimum Gasteiger partial charge on any atom is -0.503 e. The van der Waals surface area contributed by atoms with Crippen LogP contribution in [0.3, 0.4) is 0 Å². The monoisotopic (exact) mass is 271 g/mol. The number of benzene rings is 1. The third kappa shape index (κ3) is 2.11. The van der Waals surface area contributed by atoms with Gasteiger partial charge in [-0.25, -0.2) is 0 Å². The molecule has 0 aliphatic heterocycles. The van der Waals surface area contributed by atoms with Crippen molar-refractivity contribution < 1.29 is 9.84 Å². The average Bonchev–Trinajstić information content (AvgIpc) is 3.04. The van der Waals surface area contributed by atoms with Crippen LogP contribution in [0.25, 0.3) is 0 Å². The van der Waals surface area contributed by atoms with Crippen LogP contribution < -0.4 is 10.5 Å². The Morgan fingerprint density at radius 2 is 2.20 bits per heavy atom. The molecular weight excluding hydrogens is 258 g/mol. The number of hydrogen-bond acceptors (Lipinski definition) is 3. The number of rotatable bonds is 3. The highest BCUT2D eigenvalue weighted by Gasteiger charge is 2.30. The molecule has 1 atom stereocenters. The first-order valence-electron chi connectivity index (χ1n) is 4.95. The van der Waals surface area contributed by atoms with Gasteiger partial charge in [-0.05, 0) is 52.4 Å². The molecule has 82 valence electrons. The standard InChI is InChI=1S/C11H14BrNO2/c1-15-9-5-7(4-8(12)11(9)14)10(13)6-2-3-6/h4-6,10,14H,2-3,13H2,1H3/t10-/m1/s1. The molecule has 0 radical (unpaired) electrons. The summed E-state index contributed by atoms with van der Waals surface area (Å²) in [6.07, 6.45) is 2.39. The lowest BCUT2D eigenvalue weighted by atomic mass is 10.0. The number of phenols is 1. The van der Waals surface area contributed by atoms with Crippen LogP contribution in [0.1, 0.15) is 24.4 Å². The van der Waals surface area contributed by atoms with E-state index in [0.717, 1.165) is 5.56 Å². The van der Waals surface area contributed by atoms with Crippen molar-refractivity contribution in [3.63, 3.8) is 0 Å². The number of aromatic hydroxyl groups is 1. The SMILES string of the molecule is COc1cc([C@H](N)C2CC2)cc(Br)c1O. The van der Waals surface area contributed by atoms with Gasteiger partial charge in [0.05, 0.1) is 11.6 Å². The van der Waals surface area contributed by atoms with Crippen molar-refractivity contribution in [1.82, 2.24) is 0 Å². The maximum absolute atomic E-state index is 9.65. The third-order valence-corrected chi connectivity index (χ3v) is 3.39. The van der Waals surface area contributed by atoms with E-state index in [-0.39, 0.29) is 11.8 Å². The number of halogens is 1. The first-order valence-corrected chi connectivity index (χ1v) is 5.74. The molecule has 2 rings (SSSR count). The van der Waals surface area contributed by atoms with Gasteiger partial charge in [0.2, 0.25) is 0 Å². The van der Waals surface area contributed by atoms with Gasteiger partial charge in [-0.15, -0.1) is 0 Å². The van der Waals surface area contributed by atoms with Crippen molar-refractivity contribution in [1.29, 1.82) is 0 Å². The minimum atomic E-state index is 0.0517. The molecule has 1 fully saturated rings. The normalized spacial score (nSPS) is 17.5. The van der Waals surface area contributed by atoms with E-state index in [1.54, 1.807) is 0 Å². The van der Waals surface area contributed by atoms with Crippen LogP contribution in [0.4, 0.5) is 0 Å². The Kier molecular flexibility index (Phi) is 2.89. The topological polar surface area (TPSA) is 55.5 Å². The number of methoxy groups -OCH3 is 1. The zero-order valence-electron chi connectivity index (χ0n) is 8.53. The predicted molar refractivity (Wildman–Crippen MR) is 62.0 cm³/mol. The maximum Gasteiger partial charge on any atom is 0.172 e. The molecule has 3 N–H and O–H groups in total. The second-order valence-electron chi connectivity index (χ2n) is 3.92. The summed E-state index contributed by atoms with van der Waals surface area (Å²) in [5.74, 6) is 1.19. The van der Waals surface area contributed by atoms with E-state index in [4.69, 9.17) is 10.5 Å². The summed E-state index contributed by atoms with van der Waals surface area (Å²) in [5, 5.41) is 9.65. The smallest absolute Gasteiger partial charge is 0.172 e. The van der Waals surface area contributed by atoms with E-state index in [1.165, 1.54) is 20.0 Å². The predicted octanol–water partition coefficient (Wildman–Crippen LogP) is 2.57. The second-order valence-corrected chi connectivity index (χ2v) is 4.77. The average molecular weight is 272 g/mol. The van der Waals surface area contributed by atoms with E-state index >= 15 is 0 Å². The molecule has 0 heterocycles. The third-order valence-electron chi connectivity index (χ3n) is 2.79. The summed E-state index contributed by atoms with van der Waals surface area (Å²) in [7, 11) is 1.54. The Morgan fingerprint density at radius 3 is 2.73 bits per heavy atom. The van der Waals surface area contributed by atoms with Crippen LogP contribution in [0, 0.1) is 5.92 Å². The molecule has 0 amide bonds. The molecule has 0 aromatic heterocycles. The lowest BCUT2D eigenvalue weighted by Crippen LogP contribution is -2.12. The van der Waals surface area contributed by atoms with Crippen molar-refractivity contribution in [2.45, 2.75) is 18.9 Å². The van der Waals surface area contributed by atoms with Crippen molar-refractivity contribution in [3.8, 4) is 11.5 Å². The molecule has 15 heavy (non-hydrogen) atoms. The van der Waals surface area contributed by atoms with E-state index in [9.17, 15) is 5.11 Å². The molecule has 1 saturated carbocycles. The Balaban J connectivity index is 2.35. The van der Waals surface area contributed by atoms with Crippen LogP contribution in [-0.4, -0.2) is 12.2 Å². The van der Waals surface area contributed by atoms with Gasteiger partial charge >= 0.3 is 0 Å². The molecule has 0 unspecified atom stereocenters. The molecule has 1 aromatic rings. The first kappa shape index (κ1) is 10.8. The van der Waals surface area contributed by atoms with Gasteiger partial charge in [-0.3, -0.25) is 0 Å². The molecule has 0 spiro atoms. The quantitative estimate of drug-likeness (QED) is 0.889. The van der Waals surface area contributed by atoms with Crippen molar-refractivity contribution in [2.75, 3.05) is 7.11 Å². The summed E-state index contributed by atoms with van der Waals surface area (Å²) < 4.78 is 5.71. The van der Waals surface area contributed by atoms with Crippen LogP contribution in [0.2, 0.25) is 0 Å². The van der Waals surface area contributed by atoms with Gasteiger partial charge in [0.25, 0.3) is 0 Å².